The largest absolute Gasteiger partial charge is 0.383 e. The molecular weight excluding hydrogens is 190 g/mol. The summed E-state index contributed by atoms with van der Waals surface area (Å²) >= 11 is 0. The first-order chi connectivity index (χ1) is 7.09. The molecule has 0 unspecified atom stereocenters. The number of Topliss-reactive ketones (excluding diaryl/α,β-unsaturated/α-hetero) is 1. The first-order valence-corrected chi connectivity index (χ1v) is 5.02. The Balaban J connectivity index is 2.41. The molecule has 1 heterocycles. The second-order valence-corrected chi connectivity index (χ2v) is 4.09. The zero-order chi connectivity index (χ0) is 11.0. The molecule has 0 aromatic carbocycles. The molecule has 0 N–H and O–H groups in total. The Morgan fingerprint density at radius 1 is 1.47 bits per heavy atom. The Labute approximate surface area is 89.2 Å². The Hall–Kier alpha value is -1.58. The van der Waals surface area contributed by atoms with Crippen molar-refractivity contribution in [3.05, 3.63) is 29.2 Å². The van der Waals surface area contributed by atoms with Crippen LogP contribution in [0.25, 0.3) is 0 Å². The summed E-state index contributed by atoms with van der Waals surface area (Å²) in [6, 6.07) is 0. The van der Waals surface area contributed by atoms with E-state index in [2.05, 4.69) is 5.10 Å². The number of aromatic nitrogens is 2. The smallest absolute Gasteiger partial charge is 0.208 e. The second-order valence-electron chi connectivity index (χ2n) is 4.09. The van der Waals surface area contributed by atoms with Gasteiger partial charge in [-0.2, -0.15) is 5.10 Å². The molecule has 0 saturated carbocycles. The van der Waals surface area contributed by atoms with Gasteiger partial charge in [-0.3, -0.25) is 9.48 Å². The number of rotatable bonds is 1. The first-order valence-electron chi connectivity index (χ1n) is 5.02. The van der Waals surface area contributed by atoms with Crippen LogP contribution in [0.5, 0.6) is 0 Å². The summed E-state index contributed by atoms with van der Waals surface area (Å²) in [5.74, 6) is 0.116. The third-order valence-corrected chi connectivity index (χ3v) is 2.60. The second kappa shape index (κ2) is 3.53. The van der Waals surface area contributed by atoms with Crippen molar-refractivity contribution in [3.8, 4) is 0 Å². The van der Waals surface area contributed by atoms with E-state index in [1.54, 1.807) is 10.9 Å². The molecule has 1 aromatic heterocycles. The van der Waals surface area contributed by atoms with Gasteiger partial charge in [-0.05, 0) is 12.8 Å². The van der Waals surface area contributed by atoms with Crippen LogP contribution in [0.1, 0.15) is 22.5 Å². The predicted molar refractivity (Wildman–Crippen MR) is 57.6 cm³/mol. The van der Waals surface area contributed by atoms with Crippen molar-refractivity contribution in [1.29, 1.82) is 0 Å². The number of ketones is 1. The quantitative estimate of drug-likeness (QED) is 0.642. The molecular formula is C11H15N3O. The van der Waals surface area contributed by atoms with E-state index in [-0.39, 0.29) is 5.78 Å². The fourth-order valence-corrected chi connectivity index (χ4v) is 1.93. The molecule has 2 rings (SSSR count). The molecule has 4 nitrogen and oxygen atoms in total. The molecule has 0 radical (unpaired) electrons. The molecule has 0 amide bonds. The number of aryl methyl sites for hydroxylation is 2. The van der Waals surface area contributed by atoms with Gasteiger partial charge < -0.3 is 4.90 Å². The fourth-order valence-electron chi connectivity index (χ4n) is 1.93. The molecule has 1 aromatic rings. The minimum Gasteiger partial charge on any atom is -0.383 e. The SMILES string of the molecule is CN(C)C=C1CCc2cnn(C)c2C1=O. The number of hydrogen-bond acceptors (Lipinski definition) is 3. The Morgan fingerprint density at radius 2 is 2.20 bits per heavy atom. The van der Waals surface area contributed by atoms with E-state index in [1.165, 1.54) is 0 Å². The highest BCUT2D eigenvalue weighted by Crippen LogP contribution is 2.24. The van der Waals surface area contributed by atoms with Crippen LogP contribution in [0.3, 0.4) is 0 Å². The van der Waals surface area contributed by atoms with E-state index in [4.69, 9.17) is 0 Å². The standard InChI is InChI=1S/C11H15N3O/c1-13(2)7-9-5-4-8-6-12-14(3)10(8)11(9)15/h6-7H,4-5H2,1-3H3. The summed E-state index contributed by atoms with van der Waals surface area (Å²) in [5.41, 5.74) is 2.68. The van der Waals surface area contributed by atoms with Crippen LogP contribution in [0.4, 0.5) is 0 Å². The molecule has 1 aliphatic carbocycles. The first kappa shape index (κ1) is 9.96. The van der Waals surface area contributed by atoms with Crippen LogP contribution in [0, 0.1) is 0 Å². The van der Waals surface area contributed by atoms with Crippen LogP contribution in [0.15, 0.2) is 18.0 Å². The lowest BCUT2D eigenvalue weighted by atomic mass is 9.92. The maximum atomic E-state index is 12.1. The number of carbonyl (C=O) groups excluding carboxylic acids is 1. The normalized spacial score (nSPS) is 18.1. The van der Waals surface area contributed by atoms with E-state index in [1.807, 2.05) is 32.2 Å². The molecule has 1 aliphatic rings. The Morgan fingerprint density at radius 3 is 2.87 bits per heavy atom. The highest BCUT2D eigenvalue weighted by atomic mass is 16.1. The van der Waals surface area contributed by atoms with Crippen molar-refractivity contribution in [3.63, 3.8) is 0 Å². The fraction of sp³-hybridized carbons (Fsp3) is 0.455. The summed E-state index contributed by atoms with van der Waals surface area (Å²) in [7, 11) is 5.67. The van der Waals surface area contributed by atoms with Crippen LogP contribution in [0.2, 0.25) is 0 Å². The minimum absolute atomic E-state index is 0.116. The van der Waals surface area contributed by atoms with Gasteiger partial charge in [0.1, 0.15) is 5.69 Å². The summed E-state index contributed by atoms with van der Waals surface area (Å²) < 4.78 is 1.67. The van der Waals surface area contributed by atoms with E-state index < -0.39 is 0 Å². The molecule has 0 fully saturated rings. The summed E-state index contributed by atoms with van der Waals surface area (Å²) in [4.78, 5) is 14.0. The Kier molecular flexibility index (Phi) is 2.34. The summed E-state index contributed by atoms with van der Waals surface area (Å²) in [6.07, 6.45) is 5.42. The average molecular weight is 205 g/mol. The van der Waals surface area contributed by atoms with E-state index in [0.717, 1.165) is 29.7 Å². The van der Waals surface area contributed by atoms with Crippen molar-refractivity contribution in [1.82, 2.24) is 14.7 Å². The van der Waals surface area contributed by atoms with Crippen LogP contribution >= 0.6 is 0 Å². The number of nitrogens with zero attached hydrogens (tertiary/aromatic N) is 3. The van der Waals surface area contributed by atoms with Crippen LogP contribution < -0.4 is 0 Å². The molecule has 0 spiro atoms. The van der Waals surface area contributed by atoms with Gasteiger partial charge in [0.25, 0.3) is 0 Å². The highest BCUT2D eigenvalue weighted by molar-refractivity contribution is 6.09. The lowest BCUT2D eigenvalue weighted by molar-refractivity contribution is 0.101. The lowest BCUT2D eigenvalue weighted by Gasteiger charge is -2.16. The number of allylic oxidation sites excluding steroid dienone is 1. The molecule has 0 bridgehead atoms. The average Bonchev–Trinajstić information content (AvgIpc) is 2.53. The number of carbonyl (C=O) groups is 1. The number of hydrogen-bond donors (Lipinski definition) is 0. The van der Waals surface area contributed by atoms with Crippen molar-refractivity contribution < 1.29 is 4.79 Å². The summed E-state index contributed by atoms with van der Waals surface area (Å²) in [5, 5.41) is 4.12. The van der Waals surface area contributed by atoms with E-state index >= 15 is 0 Å². The van der Waals surface area contributed by atoms with Gasteiger partial charge >= 0.3 is 0 Å². The zero-order valence-corrected chi connectivity index (χ0v) is 9.32. The topological polar surface area (TPSA) is 38.1 Å². The van der Waals surface area contributed by atoms with Gasteiger partial charge in [0.2, 0.25) is 5.78 Å². The molecule has 0 atom stereocenters. The molecule has 80 valence electrons. The van der Waals surface area contributed by atoms with Gasteiger partial charge in [-0.25, -0.2) is 0 Å². The van der Waals surface area contributed by atoms with Gasteiger partial charge in [0.15, 0.2) is 0 Å². The number of fused-ring (bicyclic) bond motifs is 1. The zero-order valence-electron chi connectivity index (χ0n) is 9.32. The van der Waals surface area contributed by atoms with Crippen molar-refractivity contribution in [2.75, 3.05) is 14.1 Å². The maximum absolute atomic E-state index is 12.1. The van der Waals surface area contributed by atoms with Gasteiger partial charge in [0.05, 0.1) is 6.20 Å². The molecule has 15 heavy (non-hydrogen) atoms. The van der Waals surface area contributed by atoms with Crippen molar-refractivity contribution >= 4 is 5.78 Å². The van der Waals surface area contributed by atoms with Gasteiger partial charge in [-0.1, -0.05) is 0 Å². The maximum Gasteiger partial charge on any atom is 0.208 e. The van der Waals surface area contributed by atoms with E-state index in [9.17, 15) is 4.79 Å². The lowest BCUT2D eigenvalue weighted by Crippen LogP contribution is -2.19. The Bertz CT molecular complexity index is 429. The molecule has 0 saturated heterocycles. The highest BCUT2D eigenvalue weighted by Gasteiger charge is 2.25. The molecule has 0 aliphatic heterocycles. The monoisotopic (exact) mass is 205 g/mol. The van der Waals surface area contributed by atoms with Crippen molar-refractivity contribution in [2.24, 2.45) is 7.05 Å². The molecule has 4 heteroatoms. The summed E-state index contributed by atoms with van der Waals surface area (Å²) in [6.45, 7) is 0. The third kappa shape index (κ3) is 1.67. The van der Waals surface area contributed by atoms with Crippen LogP contribution in [-0.4, -0.2) is 34.6 Å². The van der Waals surface area contributed by atoms with E-state index in [0.29, 0.717) is 0 Å². The third-order valence-electron chi connectivity index (χ3n) is 2.60. The van der Waals surface area contributed by atoms with Gasteiger partial charge in [0, 0.05) is 38.5 Å². The van der Waals surface area contributed by atoms with Crippen molar-refractivity contribution in [2.45, 2.75) is 12.8 Å². The van der Waals surface area contributed by atoms with Gasteiger partial charge in [-0.15, -0.1) is 0 Å². The van der Waals surface area contributed by atoms with Crippen LogP contribution in [-0.2, 0) is 13.5 Å². The predicted octanol–water partition coefficient (Wildman–Crippen LogP) is 0.994. The minimum atomic E-state index is 0.116.